The largest absolute Gasteiger partial charge is 0.296 e. The highest BCUT2D eigenvalue weighted by Gasteiger charge is 2.37. The molecule has 106 valence electrons. The first-order chi connectivity index (χ1) is 11.4. The zero-order valence-corrected chi connectivity index (χ0v) is 12.5. The summed E-state index contributed by atoms with van der Waals surface area (Å²) in [6, 6.07) is 17.9. The fourth-order valence-corrected chi connectivity index (χ4v) is 4.84. The van der Waals surface area contributed by atoms with Crippen LogP contribution in [0.1, 0.15) is 11.1 Å². The van der Waals surface area contributed by atoms with E-state index in [0.29, 0.717) is 0 Å². The van der Waals surface area contributed by atoms with E-state index in [9.17, 15) is 0 Å². The lowest BCUT2D eigenvalue weighted by molar-refractivity contribution is -0.658. The van der Waals surface area contributed by atoms with E-state index in [1.54, 1.807) is 0 Å². The highest BCUT2D eigenvalue weighted by atomic mass is 15.2. The second kappa shape index (κ2) is 3.20. The van der Waals surface area contributed by atoms with Gasteiger partial charge in [0.05, 0.1) is 10.8 Å². The first-order valence-corrected chi connectivity index (χ1v) is 8.13. The summed E-state index contributed by atoms with van der Waals surface area (Å²) in [5, 5.41) is 2.93. The van der Waals surface area contributed by atoms with Crippen molar-refractivity contribution in [1.29, 1.82) is 0 Å². The summed E-state index contributed by atoms with van der Waals surface area (Å²) in [5.74, 6) is 0. The molecular weight excluding hydrogens is 282 g/mol. The molecule has 0 saturated carbocycles. The molecule has 0 saturated heterocycles. The lowest BCUT2D eigenvalue weighted by atomic mass is 10.0. The Morgan fingerprint density at radius 1 is 0.783 bits per heavy atom. The summed E-state index contributed by atoms with van der Waals surface area (Å²) in [6.45, 7) is 1.98. The van der Waals surface area contributed by atoms with E-state index in [1.165, 1.54) is 49.6 Å². The maximum Gasteiger partial charge on any atom is 0.296 e. The summed E-state index contributed by atoms with van der Waals surface area (Å²) in [5.41, 5.74) is 9.64. The predicted octanol–water partition coefficient (Wildman–Crippen LogP) is 2.70. The summed E-state index contributed by atoms with van der Waals surface area (Å²) < 4.78 is 7.36. The molecule has 2 aliphatic rings. The first kappa shape index (κ1) is 10.7. The van der Waals surface area contributed by atoms with E-state index in [-0.39, 0.29) is 0 Å². The molecule has 23 heavy (non-hydrogen) atoms. The molecule has 0 aliphatic carbocycles. The van der Waals surface area contributed by atoms with Gasteiger partial charge in [0, 0.05) is 17.2 Å². The summed E-state index contributed by atoms with van der Waals surface area (Å²) in [6.07, 6.45) is 2.21. The van der Waals surface area contributed by atoms with Gasteiger partial charge in [-0.1, -0.05) is 24.3 Å². The number of para-hydroxylation sites is 2. The molecule has 2 aromatic carbocycles. The molecule has 0 atom stereocenters. The fourth-order valence-electron chi connectivity index (χ4n) is 4.84. The molecule has 5 aromatic rings. The summed E-state index contributed by atoms with van der Waals surface area (Å²) in [4.78, 5) is 0. The van der Waals surface area contributed by atoms with Crippen molar-refractivity contribution in [3.8, 4) is 0 Å². The van der Waals surface area contributed by atoms with Gasteiger partial charge in [0.1, 0.15) is 6.54 Å². The van der Waals surface area contributed by atoms with Crippen LogP contribution in [-0.2, 0) is 13.1 Å². The Hall–Kier alpha value is -2.94. The van der Waals surface area contributed by atoms with Crippen LogP contribution in [0.15, 0.2) is 54.7 Å². The van der Waals surface area contributed by atoms with Gasteiger partial charge in [0.2, 0.25) is 5.52 Å². The van der Waals surface area contributed by atoms with Crippen molar-refractivity contribution in [2.45, 2.75) is 13.1 Å². The van der Waals surface area contributed by atoms with E-state index in [2.05, 4.69) is 68.3 Å². The third-order valence-corrected chi connectivity index (χ3v) is 5.68. The lowest BCUT2D eigenvalue weighted by Gasteiger charge is -1.99. The van der Waals surface area contributed by atoms with Crippen LogP contribution in [0, 0.1) is 0 Å². The van der Waals surface area contributed by atoms with Crippen LogP contribution in [0.25, 0.3) is 38.5 Å². The predicted molar refractivity (Wildman–Crippen MR) is 88.5 cm³/mol. The van der Waals surface area contributed by atoms with E-state index < -0.39 is 0 Å². The van der Waals surface area contributed by atoms with Crippen LogP contribution in [0.3, 0.4) is 0 Å². The highest BCUT2D eigenvalue weighted by molar-refractivity contribution is 6.13. The van der Waals surface area contributed by atoms with Gasteiger partial charge in [0.25, 0.3) is 11.2 Å². The second-order valence-corrected chi connectivity index (χ2v) is 6.74. The molecule has 3 heteroatoms. The SMILES string of the molecule is c1ccc2c(c1)n1c3ccc[n+]4c3c3c(ccc5c3c1[n+]2C5)C4. The number of aromatic nitrogens is 3. The van der Waals surface area contributed by atoms with Crippen LogP contribution in [-0.4, -0.2) is 4.40 Å². The molecule has 7 rings (SSSR count). The first-order valence-electron chi connectivity index (χ1n) is 8.13. The van der Waals surface area contributed by atoms with Crippen molar-refractivity contribution in [2.24, 2.45) is 0 Å². The van der Waals surface area contributed by atoms with Crippen molar-refractivity contribution < 1.29 is 9.13 Å². The van der Waals surface area contributed by atoms with E-state index >= 15 is 0 Å². The van der Waals surface area contributed by atoms with E-state index in [1.807, 2.05) is 0 Å². The zero-order chi connectivity index (χ0) is 14.7. The fraction of sp³-hybridized carbons (Fsp3) is 0.100. The molecule has 0 spiro atoms. The minimum Gasteiger partial charge on any atom is -0.218 e. The van der Waals surface area contributed by atoms with Gasteiger partial charge in [0.15, 0.2) is 23.8 Å². The molecule has 2 aliphatic heterocycles. The van der Waals surface area contributed by atoms with Gasteiger partial charge in [-0.05, 0) is 18.2 Å². The van der Waals surface area contributed by atoms with Gasteiger partial charge < -0.3 is 0 Å². The van der Waals surface area contributed by atoms with Crippen molar-refractivity contribution in [3.63, 3.8) is 0 Å². The average molecular weight is 295 g/mol. The molecule has 0 unspecified atom stereocenters. The smallest absolute Gasteiger partial charge is 0.218 e. The van der Waals surface area contributed by atoms with Gasteiger partial charge in [-0.25, -0.2) is 4.57 Å². The van der Waals surface area contributed by atoms with E-state index in [0.717, 1.165) is 13.1 Å². The minimum absolute atomic E-state index is 0.986. The minimum atomic E-state index is 0.986. The number of pyridine rings is 2. The van der Waals surface area contributed by atoms with Crippen molar-refractivity contribution >= 4 is 38.5 Å². The lowest BCUT2D eigenvalue weighted by Crippen LogP contribution is -2.32. The standard InChI is InChI=1S/C20H13N3/c1-2-5-15-14(4-1)22-11-13-8-7-12-10-21-9-3-6-16-19(21)17(12)18(13)20(22)23(15)16/h1-9H,10-11H2/q+2. The number of hydrogen-bond donors (Lipinski definition) is 0. The highest BCUT2D eigenvalue weighted by Crippen LogP contribution is 2.38. The van der Waals surface area contributed by atoms with Crippen LogP contribution in [0.2, 0.25) is 0 Å². The van der Waals surface area contributed by atoms with Gasteiger partial charge >= 0.3 is 0 Å². The molecule has 5 heterocycles. The molecule has 3 aromatic heterocycles. The Bertz CT molecular complexity index is 1360. The monoisotopic (exact) mass is 295 g/mol. The van der Waals surface area contributed by atoms with Crippen molar-refractivity contribution in [1.82, 2.24) is 4.40 Å². The third-order valence-electron chi connectivity index (χ3n) is 5.68. The topological polar surface area (TPSA) is 12.2 Å². The molecule has 0 fully saturated rings. The van der Waals surface area contributed by atoms with E-state index in [4.69, 9.17) is 0 Å². The Kier molecular flexibility index (Phi) is 1.49. The Balaban J connectivity index is 2.01. The van der Waals surface area contributed by atoms with Gasteiger partial charge in [-0.2, -0.15) is 8.97 Å². The quantitative estimate of drug-likeness (QED) is 0.301. The number of fused-ring (bicyclic) bond motifs is 4. The van der Waals surface area contributed by atoms with Crippen LogP contribution < -0.4 is 9.13 Å². The number of nitrogens with zero attached hydrogens (tertiary/aromatic N) is 3. The molecule has 3 nitrogen and oxygen atoms in total. The molecule has 0 bridgehead atoms. The van der Waals surface area contributed by atoms with Crippen LogP contribution in [0.4, 0.5) is 0 Å². The molecule has 0 N–H and O–H groups in total. The van der Waals surface area contributed by atoms with Crippen LogP contribution in [0.5, 0.6) is 0 Å². The van der Waals surface area contributed by atoms with Crippen molar-refractivity contribution in [3.05, 3.63) is 65.9 Å². The normalized spacial score (nSPS) is 14.6. The number of imidazole rings is 1. The summed E-state index contributed by atoms with van der Waals surface area (Å²) in [7, 11) is 0. The molecule has 0 amide bonds. The number of hydrogen-bond acceptors (Lipinski definition) is 0. The van der Waals surface area contributed by atoms with Gasteiger partial charge in [-0.15, -0.1) is 0 Å². The third kappa shape index (κ3) is 0.985. The van der Waals surface area contributed by atoms with Gasteiger partial charge in [-0.3, -0.25) is 0 Å². The van der Waals surface area contributed by atoms with Crippen molar-refractivity contribution in [2.75, 3.05) is 0 Å². The summed E-state index contributed by atoms with van der Waals surface area (Å²) >= 11 is 0. The Labute approximate surface area is 131 Å². The Morgan fingerprint density at radius 3 is 2.57 bits per heavy atom. The molecular formula is C20H13N3+2. The number of benzene rings is 2. The maximum atomic E-state index is 2.48. The Morgan fingerprint density at radius 2 is 1.61 bits per heavy atom. The number of rotatable bonds is 0. The maximum absolute atomic E-state index is 2.48. The van der Waals surface area contributed by atoms with Crippen LogP contribution >= 0.6 is 0 Å². The second-order valence-electron chi connectivity index (χ2n) is 6.74. The molecule has 0 radical (unpaired) electrons. The average Bonchev–Trinajstić information content (AvgIpc) is 3.23. The zero-order valence-electron chi connectivity index (χ0n) is 12.5.